The molecule has 0 atom stereocenters. The van der Waals surface area contributed by atoms with Gasteiger partial charge in [0.25, 0.3) is 5.91 Å². The third-order valence-electron chi connectivity index (χ3n) is 4.22. The van der Waals surface area contributed by atoms with Gasteiger partial charge >= 0.3 is 5.97 Å². The molecular formula is C18H17Cl2N3O5S. The summed E-state index contributed by atoms with van der Waals surface area (Å²) in [6.45, 7) is 0.232. The number of hydrogen-bond donors (Lipinski definition) is 1. The van der Waals surface area contributed by atoms with E-state index < -0.39 is 28.5 Å². The standard InChI is InChI=1S/C18H17Cl2N3O5S/c19-13-6-5-12(10-15(13)29(26,27)23-8-1-2-9-23)18(25)28-11-16(24)22-14-4-3-7-21-17(14)20/h3-7,10H,1-2,8-9,11H2,(H,22,24). The fourth-order valence-electron chi connectivity index (χ4n) is 2.78. The van der Waals surface area contributed by atoms with Crippen LogP contribution in [0.15, 0.2) is 41.4 Å². The molecule has 1 N–H and O–H groups in total. The zero-order valence-corrected chi connectivity index (χ0v) is 17.4. The van der Waals surface area contributed by atoms with E-state index >= 15 is 0 Å². The molecule has 1 fully saturated rings. The van der Waals surface area contributed by atoms with Crippen molar-refractivity contribution in [1.82, 2.24) is 9.29 Å². The van der Waals surface area contributed by atoms with Gasteiger partial charge in [-0.2, -0.15) is 4.31 Å². The summed E-state index contributed by atoms with van der Waals surface area (Å²) in [5.41, 5.74) is 0.250. The second kappa shape index (κ2) is 9.08. The molecule has 2 heterocycles. The molecule has 0 spiro atoms. The van der Waals surface area contributed by atoms with Gasteiger partial charge in [0.15, 0.2) is 11.8 Å². The number of nitrogens with zero attached hydrogens (tertiary/aromatic N) is 2. The van der Waals surface area contributed by atoms with Crippen molar-refractivity contribution in [2.45, 2.75) is 17.7 Å². The number of nitrogens with one attached hydrogen (secondary N) is 1. The monoisotopic (exact) mass is 457 g/mol. The van der Waals surface area contributed by atoms with Crippen LogP contribution in [0.1, 0.15) is 23.2 Å². The highest BCUT2D eigenvalue weighted by Crippen LogP contribution is 2.28. The van der Waals surface area contributed by atoms with Crippen molar-refractivity contribution in [1.29, 1.82) is 0 Å². The fraction of sp³-hybridized carbons (Fsp3) is 0.278. The maximum absolute atomic E-state index is 12.7. The van der Waals surface area contributed by atoms with Crippen molar-refractivity contribution in [3.8, 4) is 0 Å². The Hall–Kier alpha value is -2.20. The number of esters is 1. The lowest BCUT2D eigenvalue weighted by molar-refractivity contribution is -0.119. The number of ether oxygens (including phenoxy) is 1. The van der Waals surface area contributed by atoms with E-state index in [0.717, 1.165) is 18.9 Å². The van der Waals surface area contributed by atoms with Crippen LogP contribution in [-0.2, 0) is 19.6 Å². The van der Waals surface area contributed by atoms with E-state index in [1.165, 1.54) is 22.6 Å². The molecule has 3 rings (SSSR count). The lowest BCUT2D eigenvalue weighted by atomic mass is 10.2. The lowest BCUT2D eigenvalue weighted by Gasteiger charge is -2.17. The minimum atomic E-state index is -3.81. The normalized spacial score (nSPS) is 14.6. The average molecular weight is 458 g/mol. The first-order valence-electron chi connectivity index (χ1n) is 8.66. The molecule has 8 nitrogen and oxygen atoms in total. The van der Waals surface area contributed by atoms with Gasteiger partial charge in [-0.1, -0.05) is 23.2 Å². The molecule has 1 aromatic heterocycles. The first-order valence-corrected chi connectivity index (χ1v) is 10.9. The van der Waals surface area contributed by atoms with Crippen LogP contribution in [0.2, 0.25) is 10.2 Å². The van der Waals surface area contributed by atoms with Gasteiger partial charge in [0.1, 0.15) is 4.90 Å². The Morgan fingerprint density at radius 3 is 2.59 bits per heavy atom. The lowest BCUT2D eigenvalue weighted by Crippen LogP contribution is -2.28. The van der Waals surface area contributed by atoms with Crippen molar-refractivity contribution in [2.75, 3.05) is 25.0 Å². The van der Waals surface area contributed by atoms with Crippen molar-refractivity contribution in [2.24, 2.45) is 0 Å². The van der Waals surface area contributed by atoms with E-state index in [1.54, 1.807) is 12.1 Å². The summed E-state index contributed by atoms with van der Waals surface area (Å²) in [5.74, 6) is -1.47. The number of hydrogen-bond acceptors (Lipinski definition) is 6. The Labute approximate surface area is 177 Å². The molecule has 0 aliphatic carbocycles. The van der Waals surface area contributed by atoms with E-state index in [9.17, 15) is 18.0 Å². The number of carbonyl (C=O) groups is 2. The van der Waals surface area contributed by atoms with Gasteiger partial charge in [0.05, 0.1) is 16.3 Å². The molecule has 0 bridgehead atoms. The molecule has 0 radical (unpaired) electrons. The number of aromatic nitrogens is 1. The molecule has 1 saturated heterocycles. The quantitative estimate of drug-likeness (QED) is 0.527. The largest absolute Gasteiger partial charge is 0.452 e. The Kier molecular flexibility index (Phi) is 6.74. The number of pyridine rings is 1. The van der Waals surface area contributed by atoms with Gasteiger partial charge in [0.2, 0.25) is 10.0 Å². The van der Waals surface area contributed by atoms with Crippen LogP contribution in [0.5, 0.6) is 0 Å². The molecule has 1 aromatic carbocycles. The maximum Gasteiger partial charge on any atom is 0.338 e. The average Bonchev–Trinajstić information content (AvgIpc) is 3.24. The highest BCUT2D eigenvalue weighted by molar-refractivity contribution is 7.89. The zero-order chi connectivity index (χ0) is 21.0. The van der Waals surface area contributed by atoms with E-state index in [0.29, 0.717) is 13.1 Å². The summed E-state index contributed by atoms with van der Waals surface area (Å²) >= 11 is 11.9. The highest BCUT2D eigenvalue weighted by atomic mass is 35.5. The predicted octanol–water partition coefficient (Wildman–Crippen LogP) is 2.97. The molecule has 1 aliphatic heterocycles. The van der Waals surface area contributed by atoms with Crippen LogP contribution in [-0.4, -0.2) is 49.3 Å². The van der Waals surface area contributed by atoms with E-state index in [4.69, 9.17) is 27.9 Å². The van der Waals surface area contributed by atoms with Gasteiger partial charge in [-0.05, 0) is 43.2 Å². The van der Waals surface area contributed by atoms with Crippen molar-refractivity contribution in [3.63, 3.8) is 0 Å². The van der Waals surface area contributed by atoms with Gasteiger partial charge in [-0.25, -0.2) is 18.2 Å². The zero-order valence-electron chi connectivity index (χ0n) is 15.1. The third kappa shape index (κ3) is 5.05. The highest BCUT2D eigenvalue weighted by Gasteiger charge is 2.30. The molecule has 1 aliphatic rings. The summed E-state index contributed by atoms with van der Waals surface area (Å²) < 4.78 is 31.8. The molecule has 29 heavy (non-hydrogen) atoms. The molecule has 1 amide bonds. The molecule has 154 valence electrons. The van der Waals surface area contributed by atoms with Crippen LogP contribution < -0.4 is 5.32 Å². The van der Waals surface area contributed by atoms with Crippen LogP contribution in [0.25, 0.3) is 0 Å². The summed E-state index contributed by atoms with van der Waals surface area (Å²) in [6.07, 6.45) is 3.01. The third-order valence-corrected chi connectivity index (χ3v) is 6.90. The van der Waals surface area contributed by atoms with E-state index in [-0.39, 0.29) is 26.3 Å². The molecule has 0 unspecified atom stereocenters. The number of halogens is 2. The van der Waals surface area contributed by atoms with E-state index in [2.05, 4.69) is 10.3 Å². The number of sulfonamides is 1. The summed E-state index contributed by atoms with van der Waals surface area (Å²) in [6, 6.07) is 6.95. The second-order valence-electron chi connectivity index (χ2n) is 6.22. The van der Waals surface area contributed by atoms with Gasteiger partial charge in [-0.15, -0.1) is 0 Å². The van der Waals surface area contributed by atoms with Crippen molar-refractivity contribution in [3.05, 3.63) is 52.3 Å². The predicted molar refractivity (Wildman–Crippen MR) is 108 cm³/mol. The first-order chi connectivity index (χ1) is 13.8. The fourth-order valence-corrected chi connectivity index (χ4v) is 4.96. The minimum absolute atomic E-state index is 0.0115. The van der Waals surface area contributed by atoms with Crippen LogP contribution in [0.3, 0.4) is 0 Å². The molecule has 0 saturated carbocycles. The number of benzene rings is 1. The van der Waals surface area contributed by atoms with Gasteiger partial charge in [-0.3, -0.25) is 4.79 Å². The number of amides is 1. The van der Waals surface area contributed by atoms with Crippen molar-refractivity contribution >= 4 is 50.8 Å². The summed E-state index contributed by atoms with van der Waals surface area (Å²) in [4.78, 5) is 27.9. The van der Waals surface area contributed by atoms with Gasteiger partial charge in [0, 0.05) is 19.3 Å². The topological polar surface area (TPSA) is 106 Å². The Morgan fingerprint density at radius 1 is 1.17 bits per heavy atom. The van der Waals surface area contributed by atoms with Gasteiger partial charge < -0.3 is 10.1 Å². The maximum atomic E-state index is 12.7. The number of rotatable bonds is 6. The Balaban J connectivity index is 1.68. The molecular weight excluding hydrogens is 441 g/mol. The summed E-state index contributed by atoms with van der Waals surface area (Å²) in [7, 11) is -3.81. The number of anilines is 1. The number of carbonyl (C=O) groups excluding carboxylic acids is 2. The van der Waals surface area contributed by atoms with Crippen LogP contribution in [0.4, 0.5) is 5.69 Å². The Bertz CT molecular complexity index is 1040. The van der Waals surface area contributed by atoms with Crippen LogP contribution >= 0.6 is 23.2 Å². The minimum Gasteiger partial charge on any atom is -0.452 e. The summed E-state index contributed by atoms with van der Waals surface area (Å²) in [5, 5.41) is 2.57. The molecule has 11 heteroatoms. The first kappa shape index (κ1) is 21.5. The van der Waals surface area contributed by atoms with Crippen molar-refractivity contribution < 1.29 is 22.7 Å². The SMILES string of the molecule is O=C(COC(=O)c1ccc(Cl)c(S(=O)(=O)N2CCCC2)c1)Nc1cccnc1Cl. The smallest absolute Gasteiger partial charge is 0.338 e. The van der Waals surface area contributed by atoms with E-state index in [1.807, 2.05) is 0 Å². The molecule has 2 aromatic rings. The second-order valence-corrected chi connectivity index (χ2v) is 8.89. The Morgan fingerprint density at radius 2 is 1.90 bits per heavy atom. The van der Waals surface area contributed by atoms with Crippen LogP contribution in [0, 0.1) is 0 Å².